The van der Waals surface area contributed by atoms with Crippen LogP contribution < -0.4 is 9.47 Å². The van der Waals surface area contributed by atoms with Crippen LogP contribution in [0.3, 0.4) is 0 Å². The average Bonchev–Trinajstić information content (AvgIpc) is 3.19. The summed E-state index contributed by atoms with van der Waals surface area (Å²) in [5.41, 5.74) is 2.71. The lowest BCUT2D eigenvalue weighted by Gasteiger charge is -2.26. The molecule has 0 spiro atoms. The molecule has 0 N–H and O–H groups in total. The molecule has 1 saturated heterocycles. The molecule has 0 saturated carbocycles. The van der Waals surface area contributed by atoms with Crippen molar-refractivity contribution in [2.75, 3.05) is 33.4 Å². The maximum Gasteiger partial charge on any atom is 0.213 e. The van der Waals surface area contributed by atoms with Crippen molar-refractivity contribution in [3.63, 3.8) is 0 Å². The van der Waals surface area contributed by atoms with Crippen LogP contribution >= 0.6 is 0 Å². The Morgan fingerprint density at radius 2 is 1.91 bits per heavy atom. The first-order chi connectivity index (χ1) is 16.5. The molecule has 0 unspecified atom stereocenters. The predicted molar refractivity (Wildman–Crippen MR) is 137 cm³/mol. The highest BCUT2D eigenvalue weighted by molar-refractivity contribution is 5.90. The van der Waals surface area contributed by atoms with Crippen molar-refractivity contribution in [2.45, 2.75) is 52.5 Å². The SMILES string of the molecule is COc1cccc(-c2cc3cc(OCCCN4CCCCC4)ccc3n2CC(=O)CC(C)C)n1. The number of aromatic nitrogens is 2. The van der Waals surface area contributed by atoms with Gasteiger partial charge in [0.05, 0.1) is 31.6 Å². The quantitative estimate of drug-likeness (QED) is 0.347. The molecule has 0 radical (unpaired) electrons. The summed E-state index contributed by atoms with van der Waals surface area (Å²) in [6.07, 6.45) is 5.59. The summed E-state index contributed by atoms with van der Waals surface area (Å²) >= 11 is 0. The van der Waals surface area contributed by atoms with Crippen molar-refractivity contribution in [2.24, 2.45) is 5.92 Å². The molecule has 1 aromatic carbocycles. The van der Waals surface area contributed by atoms with Crippen molar-refractivity contribution in [3.8, 4) is 23.0 Å². The minimum absolute atomic E-state index is 0.217. The summed E-state index contributed by atoms with van der Waals surface area (Å²) in [5, 5.41) is 1.05. The molecular weight excluding hydrogens is 426 g/mol. The van der Waals surface area contributed by atoms with Gasteiger partial charge in [-0.25, -0.2) is 4.98 Å². The fourth-order valence-electron chi connectivity index (χ4n) is 4.75. The Morgan fingerprint density at radius 3 is 2.68 bits per heavy atom. The van der Waals surface area contributed by atoms with Crippen LogP contribution in [0, 0.1) is 5.92 Å². The smallest absolute Gasteiger partial charge is 0.213 e. The Kier molecular flexibility index (Phi) is 8.22. The molecule has 34 heavy (non-hydrogen) atoms. The van der Waals surface area contributed by atoms with E-state index in [-0.39, 0.29) is 5.78 Å². The van der Waals surface area contributed by atoms with Crippen LogP contribution in [0.15, 0.2) is 42.5 Å². The fraction of sp³-hybridized carbons (Fsp3) is 0.500. The minimum Gasteiger partial charge on any atom is -0.494 e. The number of pyridine rings is 1. The van der Waals surface area contributed by atoms with Crippen LogP contribution in [0.25, 0.3) is 22.3 Å². The predicted octanol–water partition coefficient (Wildman–Crippen LogP) is 5.58. The number of carbonyl (C=O) groups is 1. The number of methoxy groups -OCH3 is 1. The molecule has 1 aliphatic heterocycles. The standard InChI is InChI=1S/C28H37N3O3/c1-21(2)17-23(32)20-31-26-12-11-24(34-16-8-15-30-13-5-4-6-14-30)18-22(26)19-27(31)25-9-7-10-28(29-25)33-3/h7,9-12,18-19,21H,4-6,8,13-17,20H2,1-3H3. The van der Waals surface area contributed by atoms with Crippen molar-refractivity contribution >= 4 is 16.7 Å². The number of hydrogen-bond acceptors (Lipinski definition) is 5. The van der Waals surface area contributed by atoms with Crippen LogP contribution in [-0.4, -0.2) is 53.6 Å². The molecule has 0 amide bonds. The van der Waals surface area contributed by atoms with Gasteiger partial charge in [-0.3, -0.25) is 4.79 Å². The number of piperidine rings is 1. The molecule has 6 nitrogen and oxygen atoms in total. The number of rotatable bonds is 11. The van der Waals surface area contributed by atoms with Gasteiger partial charge in [-0.15, -0.1) is 0 Å². The molecule has 6 heteroatoms. The average molecular weight is 464 g/mol. The van der Waals surface area contributed by atoms with E-state index in [4.69, 9.17) is 9.47 Å². The molecule has 1 aliphatic rings. The lowest BCUT2D eigenvalue weighted by molar-refractivity contribution is -0.120. The highest BCUT2D eigenvalue weighted by atomic mass is 16.5. The van der Waals surface area contributed by atoms with E-state index in [9.17, 15) is 4.79 Å². The summed E-state index contributed by atoms with van der Waals surface area (Å²) in [4.78, 5) is 19.9. The van der Waals surface area contributed by atoms with Crippen molar-refractivity contribution in [3.05, 3.63) is 42.5 Å². The van der Waals surface area contributed by atoms with Crippen LogP contribution in [0.1, 0.15) is 46.0 Å². The van der Waals surface area contributed by atoms with Crippen LogP contribution in [0.5, 0.6) is 11.6 Å². The number of benzene rings is 1. The Bertz CT molecular complexity index is 1100. The number of ketones is 1. The number of ether oxygens (including phenoxy) is 2. The Morgan fingerprint density at radius 1 is 1.09 bits per heavy atom. The third-order valence-corrected chi connectivity index (χ3v) is 6.37. The first-order valence-electron chi connectivity index (χ1n) is 12.5. The van der Waals surface area contributed by atoms with E-state index in [0.717, 1.165) is 41.0 Å². The molecule has 0 aliphatic carbocycles. The summed E-state index contributed by atoms with van der Waals surface area (Å²) in [5.74, 6) is 1.97. The van der Waals surface area contributed by atoms with E-state index in [1.54, 1.807) is 7.11 Å². The Labute approximate surface area is 202 Å². The second kappa shape index (κ2) is 11.5. The van der Waals surface area contributed by atoms with Gasteiger partial charge < -0.3 is 18.9 Å². The Hall–Kier alpha value is -2.86. The van der Waals surface area contributed by atoms with Crippen LogP contribution in [-0.2, 0) is 11.3 Å². The van der Waals surface area contributed by atoms with Gasteiger partial charge in [0.2, 0.25) is 5.88 Å². The molecule has 3 aromatic rings. The van der Waals surface area contributed by atoms with E-state index < -0.39 is 0 Å². The number of fused-ring (bicyclic) bond motifs is 1. The number of nitrogens with zero attached hydrogens (tertiary/aromatic N) is 3. The van der Waals surface area contributed by atoms with Gasteiger partial charge in [-0.2, -0.15) is 0 Å². The molecule has 0 bridgehead atoms. The van der Waals surface area contributed by atoms with Gasteiger partial charge in [0, 0.05) is 29.9 Å². The Balaban J connectivity index is 1.54. The summed E-state index contributed by atoms with van der Waals surface area (Å²) < 4.78 is 13.5. The molecule has 2 aromatic heterocycles. The van der Waals surface area contributed by atoms with E-state index in [1.165, 1.54) is 32.4 Å². The first-order valence-corrected chi connectivity index (χ1v) is 12.5. The molecular formula is C28H37N3O3. The molecule has 4 rings (SSSR count). The number of hydrogen-bond donors (Lipinski definition) is 0. The van der Waals surface area contributed by atoms with E-state index in [1.807, 2.05) is 24.3 Å². The number of Topliss-reactive ketones (excluding diaryl/α,β-unsaturated/α-hetero) is 1. The monoisotopic (exact) mass is 463 g/mol. The molecule has 1 fully saturated rings. The number of likely N-dealkylation sites (tertiary alicyclic amines) is 1. The second-order valence-electron chi connectivity index (χ2n) is 9.64. The maximum absolute atomic E-state index is 12.7. The second-order valence-corrected chi connectivity index (χ2v) is 9.64. The molecule has 182 valence electrons. The van der Waals surface area contributed by atoms with Crippen molar-refractivity contribution in [1.82, 2.24) is 14.5 Å². The minimum atomic E-state index is 0.217. The maximum atomic E-state index is 12.7. The normalized spacial score (nSPS) is 14.6. The topological polar surface area (TPSA) is 56.6 Å². The van der Waals surface area contributed by atoms with E-state index in [2.05, 4.69) is 46.5 Å². The molecule has 0 atom stereocenters. The van der Waals surface area contributed by atoms with E-state index >= 15 is 0 Å². The van der Waals surface area contributed by atoms with Gasteiger partial charge in [-0.1, -0.05) is 26.3 Å². The van der Waals surface area contributed by atoms with Gasteiger partial charge in [0.1, 0.15) is 5.75 Å². The van der Waals surface area contributed by atoms with Gasteiger partial charge in [-0.05, 0) is 68.6 Å². The first kappa shape index (κ1) is 24.3. The lowest BCUT2D eigenvalue weighted by atomic mass is 10.1. The van der Waals surface area contributed by atoms with Gasteiger partial charge in [0.15, 0.2) is 5.78 Å². The summed E-state index contributed by atoms with van der Waals surface area (Å²) in [7, 11) is 1.61. The van der Waals surface area contributed by atoms with Crippen molar-refractivity contribution < 1.29 is 14.3 Å². The van der Waals surface area contributed by atoms with Gasteiger partial charge in [0.25, 0.3) is 0 Å². The highest BCUT2D eigenvalue weighted by Gasteiger charge is 2.17. The lowest BCUT2D eigenvalue weighted by Crippen LogP contribution is -2.31. The summed E-state index contributed by atoms with van der Waals surface area (Å²) in [6.45, 7) is 8.72. The van der Waals surface area contributed by atoms with Crippen LogP contribution in [0.4, 0.5) is 0 Å². The van der Waals surface area contributed by atoms with E-state index in [0.29, 0.717) is 31.4 Å². The third-order valence-electron chi connectivity index (χ3n) is 6.37. The van der Waals surface area contributed by atoms with Crippen molar-refractivity contribution in [1.29, 1.82) is 0 Å². The highest BCUT2D eigenvalue weighted by Crippen LogP contribution is 2.31. The number of carbonyl (C=O) groups excluding carboxylic acids is 1. The van der Waals surface area contributed by atoms with Gasteiger partial charge >= 0.3 is 0 Å². The third kappa shape index (κ3) is 6.17. The fourth-order valence-corrected chi connectivity index (χ4v) is 4.75. The zero-order valence-corrected chi connectivity index (χ0v) is 20.8. The summed E-state index contributed by atoms with van der Waals surface area (Å²) in [6, 6.07) is 13.9. The van der Waals surface area contributed by atoms with Crippen LogP contribution in [0.2, 0.25) is 0 Å². The zero-order chi connectivity index (χ0) is 23.9. The zero-order valence-electron chi connectivity index (χ0n) is 20.8. The molecule has 3 heterocycles. The largest absolute Gasteiger partial charge is 0.494 e.